The fraction of sp³-hybridized carbons (Fsp3) is 0.167. The minimum atomic E-state index is -4.20. The number of hydrogen-bond donors (Lipinski definition) is 2. The molecular formula is C24H22FN3O4S. The smallest absolute Gasteiger partial charge is 0.269 e. The Bertz CT molecular complexity index is 1390. The molecule has 1 aliphatic heterocycles. The summed E-state index contributed by atoms with van der Waals surface area (Å²) in [4.78, 5) is 19.2. The van der Waals surface area contributed by atoms with Gasteiger partial charge in [0.2, 0.25) is 0 Å². The zero-order chi connectivity index (χ0) is 24.0. The first-order valence-corrected chi connectivity index (χ1v) is 11.7. The maximum Gasteiger partial charge on any atom is 0.269 e. The third-order valence-corrected chi connectivity index (χ3v) is 6.45. The van der Waals surface area contributed by atoms with E-state index in [-0.39, 0.29) is 17.7 Å². The second-order valence-corrected chi connectivity index (χ2v) is 9.46. The van der Waals surface area contributed by atoms with Crippen molar-refractivity contribution in [1.29, 1.82) is 0 Å². The van der Waals surface area contributed by atoms with Crippen molar-refractivity contribution in [1.82, 2.24) is 4.90 Å². The Kier molecular flexibility index (Phi) is 5.55. The van der Waals surface area contributed by atoms with Crippen LogP contribution >= 0.6 is 0 Å². The second-order valence-electron chi connectivity index (χ2n) is 8.01. The molecule has 3 aromatic rings. The standard InChI is InChI=1S/C24H22FN3O4S/c1-15-6-11-20(25)13-21(15)17-4-3-5-19(12-17)24(22(29)28(2)23(26)27-24)18-9-7-16(8-10-18)14-33(30,31)32/h3-13H,14H2,1-2H3,(H2,26,27)(H,30,31,32). The normalized spacial score (nSPS) is 18.5. The number of hydrogen-bond acceptors (Lipinski definition) is 5. The summed E-state index contributed by atoms with van der Waals surface area (Å²) in [6.07, 6.45) is 0. The Morgan fingerprint density at radius 2 is 1.76 bits per heavy atom. The fourth-order valence-corrected chi connectivity index (χ4v) is 4.67. The van der Waals surface area contributed by atoms with Crippen LogP contribution in [0.1, 0.15) is 22.3 Å². The molecule has 1 aliphatic rings. The molecule has 170 valence electrons. The highest BCUT2D eigenvalue weighted by Crippen LogP contribution is 2.41. The maximum atomic E-state index is 13.9. The first kappa shape index (κ1) is 22.6. The number of nitrogens with zero attached hydrogens (tertiary/aromatic N) is 2. The van der Waals surface area contributed by atoms with Crippen LogP contribution in [0, 0.1) is 12.7 Å². The number of benzene rings is 3. The fourth-order valence-electron chi connectivity index (χ4n) is 4.05. The van der Waals surface area contributed by atoms with E-state index in [2.05, 4.69) is 4.99 Å². The number of aryl methyl sites for hydroxylation is 1. The van der Waals surface area contributed by atoms with Crippen LogP contribution in [-0.4, -0.2) is 36.8 Å². The number of guanidine groups is 1. The van der Waals surface area contributed by atoms with Gasteiger partial charge in [0, 0.05) is 7.05 Å². The third-order valence-electron chi connectivity index (χ3n) is 5.75. The SMILES string of the molecule is Cc1ccc(F)cc1-c1cccc(C2(c3ccc(CS(=O)(=O)O)cc3)N=C(N)N(C)C2=O)c1. The average Bonchev–Trinajstić information content (AvgIpc) is 3.00. The highest BCUT2D eigenvalue weighted by Gasteiger charge is 2.49. The summed E-state index contributed by atoms with van der Waals surface area (Å²) < 4.78 is 45.5. The molecule has 0 radical (unpaired) electrons. The van der Waals surface area contributed by atoms with Crippen LogP contribution in [0.15, 0.2) is 71.7 Å². The number of rotatable bonds is 5. The van der Waals surface area contributed by atoms with Crippen molar-refractivity contribution in [2.45, 2.75) is 18.2 Å². The van der Waals surface area contributed by atoms with Crippen LogP contribution in [-0.2, 0) is 26.2 Å². The lowest BCUT2D eigenvalue weighted by molar-refractivity contribution is -0.129. The van der Waals surface area contributed by atoms with E-state index in [4.69, 9.17) is 10.3 Å². The molecule has 1 atom stereocenters. The van der Waals surface area contributed by atoms with Gasteiger partial charge in [-0.15, -0.1) is 0 Å². The van der Waals surface area contributed by atoms with Crippen LogP contribution in [0.25, 0.3) is 11.1 Å². The Labute approximate surface area is 191 Å². The van der Waals surface area contributed by atoms with Gasteiger partial charge in [0.25, 0.3) is 16.0 Å². The van der Waals surface area contributed by atoms with E-state index < -0.39 is 21.4 Å². The second kappa shape index (κ2) is 8.09. The Balaban J connectivity index is 1.88. The number of carbonyl (C=O) groups is 1. The van der Waals surface area contributed by atoms with Gasteiger partial charge in [-0.3, -0.25) is 14.2 Å². The van der Waals surface area contributed by atoms with Gasteiger partial charge in [0.1, 0.15) is 11.6 Å². The van der Waals surface area contributed by atoms with E-state index in [0.29, 0.717) is 27.8 Å². The summed E-state index contributed by atoms with van der Waals surface area (Å²) in [6, 6.07) is 17.8. The predicted molar refractivity (Wildman–Crippen MR) is 123 cm³/mol. The van der Waals surface area contributed by atoms with Crippen LogP contribution < -0.4 is 5.73 Å². The molecule has 7 nitrogen and oxygen atoms in total. The van der Waals surface area contributed by atoms with Gasteiger partial charge in [0.15, 0.2) is 11.5 Å². The topological polar surface area (TPSA) is 113 Å². The number of halogens is 1. The minimum absolute atomic E-state index is 0.0364. The molecule has 0 fully saturated rings. The summed E-state index contributed by atoms with van der Waals surface area (Å²) in [7, 11) is -2.68. The highest BCUT2D eigenvalue weighted by atomic mass is 32.2. The highest BCUT2D eigenvalue weighted by molar-refractivity contribution is 7.85. The zero-order valence-corrected chi connectivity index (χ0v) is 18.8. The lowest BCUT2D eigenvalue weighted by Crippen LogP contribution is -2.41. The summed E-state index contributed by atoms with van der Waals surface area (Å²) in [5.41, 5.74) is 8.16. The van der Waals surface area contributed by atoms with Crippen molar-refractivity contribution in [2.75, 3.05) is 7.05 Å². The van der Waals surface area contributed by atoms with Crippen molar-refractivity contribution >= 4 is 22.0 Å². The van der Waals surface area contributed by atoms with Gasteiger partial charge in [0.05, 0.1) is 0 Å². The molecule has 0 aliphatic carbocycles. The van der Waals surface area contributed by atoms with Crippen molar-refractivity contribution in [2.24, 2.45) is 10.7 Å². The minimum Gasteiger partial charge on any atom is -0.369 e. The van der Waals surface area contributed by atoms with E-state index >= 15 is 0 Å². The summed E-state index contributed by atoms with van der Waals surface area (Å²) in [6.45, 7) is 1.87. The number of carbonyl (C=O) groups excluding carboxylic acids is 1. The van der Waals surface area contributed by atoms with Crippen molar-refractivity contribution in [3.63, 3.8) is 0 Å². The Morgan fingerprint density at radius 1 is 1.06 bits per heavy atom. The molecule has 1 heterocycles. The van der Waals surface area contributed by atoms with Crippen LogP contribution in [0.5, 0.6) is 0 Å². The van der Waals surface area contributed by atoms with Gasteiger partial charge < -0.3 is 5.73 Å². The summed E-state index contributed by atoms with van der Waals surface area (Å²) >= 11 is 0. The van der Waals surface area contributed by atoms with Crippen molar-refractivity contribution in [3.8, 4) is 11.1 Å². The molecule has 0 aromatic heterocycles. The van der Waals surface area contributed by atoms with Crippen LogP contribution in [0.4, 0.5) is 4.39 Å². The van der Waals surface area contributed by atoms with E-state index in [1.807, 2.05) is 13.0 Å². The lowest BCUT2D eigenvalue weighted by atomic mass is 9.81. The predicted octanol–water partition coefficient (Wildman–Crippen LogP) is 3.22. The zero-order valence-electron chi connectivity index (χ0n) is 18.0. The largest absolute Gasteiger partial charge is 0.369 e. The average molecular weight is 468 g/mol. The molecule has 0 saturated heterocycles. The van der Waals surface area contributed by atoms with Gasteiger partial charge >= 0.3 is 0 Å². The summed E-state index contributed by atoms with van der Waals surface area (Å²) in [5.74, 6) is -1.26. The maximum absolute atomic E-state index is 13.9. The first-order chi connectivity index (χ1) is 15.5. The van der Waals surface area contributed by atoms with Crippen molar-refractivity contribution < 1.29 is 22.2 Å². The number of aliphatic imine (C=N–C) groups is 1. The molecule has 9 heteroatoms. The van der Waals surface area contributed by atoms with Gasteiger partial charge in [-0.05, 0) is 58.5 Å². The Hall–Kier alpha value is -3.56. The molecule has 3 N–H and O–H groups in total. The van der Waals surface area contributed by atoms with E-state index in [1.165, 1.54) is 36.2 Å². The summed E-state index contributed by atoms with van der Waals surface area (Å²) in [5, 5.41) is 0. The number of nitrogens with two attached hydrogens (primary N) is 1. The quantitative estimate of drug-likeness (QED) is 0.560. The van der Waals surface area contributed by atoms with E-state index in [9.17, 15) is 17.6 Å². The molecule has 4 rings (SSSR count). The van der Waals surface area contributed by atoms with Gasteiger partial charge in [-0.1, -0.05) is 48.5 Å². The van der Waals surface area contributed by atoms with E-state index in [0.717, 1.165) is 5.56 Å². The van der Waals surface area contributed by atoms with Gasteiger partial charge in [-0.25, -0.2) is 9.38 Å². The molecule has 3 aromatic carbocycles. The molecule has 1 amide bonds. The van der Waals surface area contributed by atoms with Crippen molar-refractivity contribution in [3.05, 3.63) is 94.8 Å². The van der Waals surface area contributed by atoms with Gasteiger partial charge in [-0.2, -0.15) is 8.42 Å². The molecule has 1 unspecified atom stereocenters. The molecule has 0 bridgehead atoms. The molecule has 33 heavy (non-hydrogen) atoms. The third kappa shape index (κ3) is 4.12. The monoisotopic (exact) mass is 467 g/mol. The number of amides is 1. The molecular weight excluding hydrogens is 445 g/mol. The first-order valence-electron chi connectivity index (χ1n) is 10.1. The van der Waals surface area contributed by atoms with E-state index in [1.54, 1.807) is 36.4 Å². The lowest BCUT2D eigenvalue weighted by Gasteiger charge is -2.27. The molecule has 0 saturated carbocycles. The van der Waals surface area contributed by atoms with Crippen LogP contribution in [0.3, 0.4) is 0 Å². The molecule has 0 spiro atoms. The van der Waals surface area contributed by atoms with Crippen LogP contribution in [0.2, 0.25) is 0 Å². The number of likely N-dealkylation sites (N-methyl/N-ethyl adjacent to an activating group) is 1. The Morgan fingerprint density at radius 3 is 2.36 bits per heavy atom.